The van der Waals surface area contributed by atoms with Gasteiger partial charge in [-0.3, -0.25) is 19.2 Å². The van der Waals surface area contributed by atoms with E-state index in [4.69, 9.17) is 10.5 Å². The number of anilines is 1. The summed E-state index contributed by atoms with van der Waals surface area (Å²) < 4.78 is 5.38. The monoisotopic (exact) mass is 799 g/mol. The predicted molar refractivity (Wildman–Crippen MR) is 220 cm³/mol. The molecule has 0 aliphatic heterocycles. The molecule has 0 unspecified atom stereocenters. The normalized spacial score (nSPS) is 15.1. The lowest BCUT2D eigenvalue weighted by Gasteiger charge is -2.37. The van der Waals surface area contributed by atoms with E-state index in [1.807, 2.05) is 78.8 Å². The molecule has 0 fully saturated rings. The summed E-state index contributed by atoms with van der Waals surface area (Å²) in [6, 6.07) is 6.85. The maximum Gasteiger partial charge on any atom is 0.408 e. The van der Waals surface area contributed by atoms with Crippen LogP contribution >= 0.6 is 11.8 Å². The van der Waals surface area contributed by atoms with Crippen molar-refractivity contribution < 1.29 is 33.8 Å². The summed E-state index contributed by atoms with van der Waals surface area (Å²) in [7, 11) is 0. The minimum Gasteiger partial charge on any atom is -0.444 e. The SMILES string of the molecule is CC[C@H](C)[C@H](NC(=O)[C@@H](C[C@H](O)[C@@H](NC(=O)CSCC(=O)[C@H](Cc1ccccc1)NC(=O)OC(C)(C)C)C(C)(C)C)C(C)C)C(=O)NCc1cnc(C)nc1N. The number of nitrogen functional groups attached to an aromatic ring is 1. The van der Waals surface area contributed by atoms with Crippen molar-refractivity contribution in [2.45, 2.75) is 132 Å². The Balaban J connectivity index is 2.09. The maximum atomic E-state index is 13.8. The van der Waals surface area contributed by atoms with Crippen molar-refractivity contribution in [2.75, 3.05) is 17.2 Å². The number of nitrogens with two attached hydrogens (primary N) is 1. The smallest absolute Gasteiger partial charge is 0.408 e. The average Bonchev–Trinajstić information content (AvgIpc) is 3.09. The summed E-state index contributed by atoms with van der Waals surface area (Å²) in [4.78, 5) is 74.7. The van der Waals surface area contributed by atoms with E-state index in [9.17, 15) is 29.1 Å². The summed E-state index contributed by atoms with van der Waals surface area (Å²) in [6.45, 7) is 20.2. The van der Waals surface area contributed by atoms with Crippen LogP contribution in [0.25, 0.3) is 0 Å². The molecule has 1 aromatic carbocycles. The van der Waals surface area contributed by atoms with Crippen molar-refractivity contribution in [3.8, 4) is 0 Å². The highest BCUT2D eigenvalue weighted by Crippen LogP contribution is 2.28. The number of hydrogen-bond donors (Lipinski definition) is 6. The molecule has 56 heavy (non-hydrogen) atoms. The van der Waals surface area contributed by atoms with Crippen LogP contribution in [0, 0.1) is 30.1 Å². The third-order valence-electron chi connectivity index (χ3n) is 9.38. The third kappa shape index (κ3) is 16.5. The number of nitrogens with one attached hydrogen (secondary N) is 4. The van der Waals surface area contributed by atoms with E-state index in [0.29, 0.717) is 17.8 Å². The van der Waals surface area contributed by atoms with Crippen LogP contribution in [-0.4, -0.2) is 86.0 Å². The lowest BCUT2D eigenvalue weighted by molar-refractivity contribution is -0.134. The molecule has 0 bridgehead atoms. The van der Waals surface area contributed by atoms with Gasteiger partial charge in [0.15, 0.2) is 5.78 Å². The Labute approximate surface area is 337 Å². The Morgan fingerprint density at radius 2 is 1.57 bits per heavy atom. The van der Waals surface area contributed by atoms with Gasteiger partial charge in [-0.1, -0.05) is 85.2 Å². The van der Waals surface area contributed by atoms with Crippen molar-refractivity contribution in [2.24, 2.45) is 23.2 Å². The number of rotatable bonds is 20. The fraction of sp³-hybridized carbons (Fsp3) is 0.634. The molecule has 4 amide bonds. The molecule has 15 heteroatoms. The second kappa shape index (κ2) is 21.9. The average molecular weight is 800 g/mol. The molecular weight excluding hydrogens is 735 g/mol. The largest absolute Gasteiger partial charge is 0.444 e. The molecule has 6 atom stereocenters. The van der Waals surface area contributed by atoms with Crippen molar-refractivity contribution in [3.05, 3.63) is 53.5 Å². The number of alkyl carbamates (subject to hydrolysis) is 1. The van der Waals surface area contributed by atoms with Crippen molar-refractivity contribution in [1.29, 1.82) is 0 Å². The minimum absolute atomic E-state index is 0.0287. The molecular formula is C41H65N7O7S. The highest BCUT2D eigenvalue weighted by Gasteiger charge is 2.38. The van der Waals surface area contributed by atoms with E-state index >= 15 is 0 Å². The van der Waals surface area contributed by atoms with E-state index in [-0.39, 0.29) is 72.1 Å². The number of aliphatic hydroxyl groups excluding tert-OH is 1. The first kappa shape index (κ1) is 47.9. The predicted octanol–water partition coefficient (Wildman–Crippen LogP) is 4.51. The molecule has 2 aromatic rings. The number of carbonyl (C=O) groups excluding carboxylic acids is 5. The van der Waals surface area contributed by atoms with Crippen molar-refractivity contribution in [1.82, 2.24) is 31.2 Å². The number of aryl methyl sites for hydroxylation is 1. The van der Waals surface area contributed by atoms with Crippen LogP contribution in [0.2, 0.25) is 0 Å². The highest BCUT2D eigenvalue weighted by molar-refractivity contribution is 8.00. The number of Topliss-reactive ketones (excluding diaryl/α,β-unsaturated/α-hetero) is 1. The molecule has 0 aliphatic carbocycles. The fourth-order valence-corrected chi connectivity index (χ4v) is 6.75. The fourth-order valence-electron chi connectivity index (χ4n) is 5.98. The zero-order valence-electron chi connectivity index (χ0n) is 35.0. The Morgan fingerprint density at radius 3 is 2.12 bits per heavy atom. The minimum atomic E-state index is -1.11. The van der Waals surface area contributed by atoms with Crippen LogP contribution < -0.4 is 27.0 Å². The van der Waals surface area contributed by atoms with Gasteiger partial charge in [0.1, 0.15) is 23.3 Å². The molecule has 0 saturated carbocycles. The number of hydrogen-bond acceptors (Lipinski definition) is 11. The van der Waals surface area contributed by atoms with Gasteiger partial charge in [-0.2, -0.15) is 0 Å². The number of amides is 4. The first-order valence-electron chi connectivity index (χ1n) is 19.3. The lowest BCUT2D eigenvalue weighted by atomic mass is 9.78. The number of carbonyl (C=O) groups is 5. The van der Waals surface area contributed by atoms with Gasteiger partial charge >= 0.3 is 6.09 Å². The first-order chi connectivity index (χ1) is 26.0. The second-order valence-corrected chi connectivity index (χ2v) is 17.8. The van der Waals surface area contributed by atoms with Gasteiger partial charge < -0.3 is 36.8 Å². The maximum absolute atomic E-state index is 13.8. The Hall–Kier alpha value is -4.24. The van der Waals surface area contributed by atoms with Crippen LogP contribution in [0.4, 0.5) is 10.6 Å². The van der Waals surface area contributed by atoms with Gasteiger partial charge in [0.25, 0.3) is 0 Å². The molecule has 7 N–H and O–H groups in total. The standard InChI is InChI=1S/C41H65N7O7S/c1-12-25(4)34(38(53)44-21-28-20-43-26(5)45-36(28)42)48-37(52)29(24(2)3)19-31(49)35(40(6,7)8)47-33(51)23-56-22-32(50)30(18-27-16-14-13-15-17-27)46-39(54)55-41(9,10)11/h13-17,20,24-25,29-31,34-35,49H,12,18-19,21-23H2,1-11H3,(H,44,53)(H,46,54)(H,47,51)(H,48,52)(H2,42,43,45)/t25-,29-,30-,31-,34-,35+/m0/s1. The quantitative estimate of drug-likeness (QED) is 0.110. The Bertz CT molecular complexity index is 1610. The molecule has 0 spiro atoms. The molecule has 1 heterocycles. The van der Waals surface area contributed by atoms with E-state index in [1.165, 1.54) is 0 Å². The summed E-state index contributed by atoms with van der Waals surface area (Å²) in [6.07, 6.45) is 0.651. The van der Waals surface area contributed by atoms with Gasteiger partial charge in [0.2, 0.25) is 17.7 Å². The number of thioether (sulfide) groups is 1. The molecule has 312 valence electrons. The number of aliphatic hydroxyl groups is 1. The van der Waals surface area contributed by atoms with Crippen molar-refractivity contribution >= 4 is 47.2 Å². The lowest BCUT2D eigenvalue weighted by Crippen LogP contribution is -2.55. The number of nitrogens with zero attached hydrogens (tertiary/aromatic N) is 2. The van der Waals surface area contributed by atoms with E-state index in [0.717, 1.165) is 17.3 Å². The summed E-state index contributed by atoms with van der Waals surface area (Å²) in [5.41, 5.74) is 6.07. The van der Waals surface area contributed by atoms with E-state index in [1.54, 1.807) is 33.9 Å². The molecule has 14 nitrogen and oxygen atoms in total. The third-order valence-corrected chi connectivity index (χ3v) is 10.3. The number of ketones is 1. The highest BCUT2D eigenvalue weighted by atomic mass is 32.2. The molecule has 0 radical (unpaired) electrons. The van der Waals surface area contributed by atoms with Crippen LogP contribution in [0.1, 0.15) is 99.0 Å². The molecule has 0 saturated heterocycles. The number of aromatic nitrogens is 2. The van der Waals surface area contributed by atoms with Gasteiger partial charge in [-0.15, -0.1) is 11.8 Å². The van der Waals surface area contributed by atoms with Gasteiger partial charge in [-0.05, 0) is 63.4 Å². The van der Waals surface area contributed by atoms with Crippen LogP contribution in [0.15, 0.2) is 36.5 Å². The molecule has 0 aliphatic rings. The van der Waals surface area contributed by atoms with Crippen LogP contribution in [0.5, 0.6) is 0 Å². The van der Waals surface area contributed by atoms with Gasteiger partial charge in [0.05, 0.1) is 29.7 Å². The van der Waals surface area contributed by atoms with E-state index < -0.39 is 47.3 Å². The second-order valence-electron chi connectivity index (χ2n) is 16.8. The van der Waals surface area contributed by atoms with Gasteiger partial charge in [0, 0.05) is 24.2 Å². The topological polar surface area (TPSA) is 215 Å². The molecule has 1 aromatic heterocycles. The zero-order valence-corrected chi connectivity index (χ0v) is 35.8. The Kier molecular flexibility index (Phi) is 18.7. The van der Waals surface area contributed by atoms with Crippen LogP contribution in [-0.2, 0) is 36.9 Å². The summed E-state index contributed by atoms with van der Waals surface area (Å²) >= 11 is 1.10. The summed E-state index contributed by atoms with van der Waals surface area (Å²) in [5.74, 6) is -1.83. The zero-order chi connectivity index (χ0) is 42.4. The van der Waals surface area contributed by atoms with E-state index in [2.05, 4.69) is 31.2 Å². The summed E-state index contributed by atoms with van der Waals surface area (Å²) in [5, 5.41) is 23.0. The molecule has 2 rings (SSSR count). The number of ether oxygens (including phenoxy) is 1. The van der Waals surface area contributed by atoms with Crippen molar-refractivity contribution in [3.63, 3.8) is 0 Å². The number of benzene rings is 1. The first-order valence-corrected chi connectivity index (χ1v) is 20.4. The Morgan fingerprint density at radius 1 is 0.929 bits per heavy atom. The van der Waals surface area contributed by atoms with Gasteiger partial charge in [-0.25, -0.2) is 14.8 Å². The van der Waals surface area contributed by atoms with Crippen LogP contribution in [0.3, 0.4) is 0 Å².